The first-order chi connectivity index (χ1) is 10.7. The van der Waals surface area contributed by atoms with Crippen LogP contribution in [0, 0.1) is 0 Å². The zero-order chi connectivity index (χ0) is 17.7. The highest BCUT2D eigenvalue weighted by molar-refractivity contribution is 5.85. The first kappa shape index (κ1) is 18.7. The number of aliphatic hydroxyl groups excluding tert-OH is 3. The first-order valence-corrected chi connectivity index (χ1v) is 6.62. The summed E-state index contributed by atoms with van der Waals surface area (Å²) in [5.41, 5.74) is 10.6. The Kier molecular flexibility index (Phi) is 6.30. The number of carboxylic acid groups (broad SMARTS) is 1. The quantitative estimate of drug-likeness (QED) is 0.188. The molecule has 23 heavy (non-hydrogen) atoms. The van der Waals surface area contributed by atoms with Gasteiger partial charge in [0.2, 0.25) is 11.7 Å². The van der Waals surface area contributed by atoms with E-state index in [1.54, 1.807) is 0 Å². The zero-order valence-electron chi connectivity index (χ0n) is 12.3. The normalized spacial score (nSPS) is 26.3. The summed E-state index contributed by atoms with van der Waals surface area (Å²) in [5.74, 6) is -2.89. The number of aliphatic imine (C=N–C) groups is 1. The van der Waals surface area contributed by atoms with Crippen molar-refractivity contribution in [2.45, 2.75) is 37.3 Å². The molecule has 130 valence electrons. The van der Waals surface area contributed by atoms with Crippen molar-refractivity contribution >= 4 is 17.8 Å². The van der Waals surface area contributed by atoms with Crippen LogP contribution in [0.5, 0.6) is 0 Å². The predicted molar refractivity (Wildman–Crippen MR) is 76.9 cm³/mol. The zero-order valence-corrected chi connectivity index (χ0v) is 12.3. The lowest BCUT2D eigenvalue weighted by atomic mass is 9.92. The number of ether oxygens (including phenoxy) is 1. The number of rotatable bonds is 6. The summed E-state index contributed by atoms with van der Waals surface area (Å²) in [4.78, 5) is 26.3. The summed E-state index contributed by atoms with van der Waals surface area (Å²) in [6.07, 6.45) is -3.65. The molecular weight excluding hydrogens is 312 g/mol. The van der Waals surface area contributed by atoms with Gasteiger partial charge in [-0.25, -0.2) is 9.79 Å². The van der Waals surface area contributed by atoms with Gasteiger partial charge in [0.15, 0.2) is 5.96 Å². The number of nitrogens with two attached hydrogens (primary N) is 2. The molecule has 11 heteroatoms. The second kappa shape index (κ2) is 7.76. The second-order valence-electron chi connectivity index (χ2n) is 4.93. The molecule has 0 fully saturated rings. The van der Waals surface area contributed by atoms with Crippen LogP contribution in [0.4, 0.5) is 0 Å². The Morgan fingerprint density at radius 1 is 1.43 bits per heavy atom. The maximum Gasteiger partial charge on any atom is 0.370 e. The molecule has 1 aliphatic rings. The van der Waals surface area contributed by atoms with Crippen LogP contribution in [-0.4, -0.2) is 75.3 Å². The molecule has 1 amide bonds. The minimum Gasteiger partial charge on any atom is -0.478 e. The second-order valence-corrected chi connectivity index (χ2v) is 4.93. The summed E-state index contributed by atoms with van der Waals surface area (Å²) in [6.45, 7) is 0.391. The van der Waals surface area contributed by atoms with Crippen LogP contribution in [0.25, 0.3) is 0 Å². The third-order valence-corrected chi connectivity index (χ3v) is 3.10. The lowest BCUT2D eigenvalue weighted by Gasteiger charge is -2.38. The molecule has 0 saturated carbocycles. The standard InChI is InChI=1S/C12H20N4O7/c1-4(18)15-8-5(16-12(13)14)2-7(11(21)22)23-10(8)9(20)6(19)3-17/h2,5-6,8-10,17,19-20H,3H2,1H3,(H,15,18)(H,21,22)(H4,13,14,16)/t5-,6-,8+,9+,10+/m0/s1. The predicted octanol–water partition coefficient (Wildman–Crippen LogP) is -3.79. The summed E-state index contributed by atoms with van der Waals surface area (Å²) < 4.78 is 5.13. The van der Waals surface area contributed by atoms with E-state index in [-0.39, 0.29) is 5.96 Å². The van der Waals surface area contributed by atoms with Gasteiger partial charge in [-0.15, -0.1) is 0 Å². The maximum atomic E-state index is 11.4. The summed E-state index contributed by atoms with van der Waals surface area (Å²) >= 11 is 0. The van der Waals surface area contributed by atoms with E-state index in [0.29, 0.717) is 0 Å². The minimum atomic E-state index is -1.70. The fraction of sp³-hybridized carbons (Fsp3) is 0.583. The molecule has 1 heterocycles. The van der Waals surface area contributed by atoms with Gasteiger partial charge >= 0.3 is 5.97 Å². The number of carbonyl (C=O) groups is 2. The smallest absolute Gasteiger partial charge is 0.370 e. The molecule has 0 aromatic rings. The lowest BCUT2D eigenvalue weighted by molar-refractivity contribution is -0.145. The fourth-order valence-electron chi connectivity index (χ4n) is 2.14. The molecule has 0 spiro atoms. The number of aliphatic hydroxyl groups is 3. The van der Waals surface area contributed by atoms with Gasteiger partial charge in [-0.2, -0.15) is 0 Å². The number of amides is 1. The van der Waals surface area contributed by atoms with Crippen molar-refractivity contribution in [2.75, 3.05) is 6.61 Å². The van der Waals surface area contributed by atoms with Crippen LogP contribution in [0.1, 0.15) is 6.92 Å². The van der Waals surface area contributed by atoms with E-state index in [1.807, 2.05) is 0 Å². The number of nitrogens with zero attached hydrogens (tertiary/aromatic N) is 1. The average Bonchev–Trinajstić information content (AvgIpc) is 2.45. The molecule has 1 rings (SSSR count). The van der Waals surface area contributed by atoms with E-state index >= 15 is 0 Å². The number of guanidine groups is 1. The number of carbonyl (C=O) groups excluding carboxylic acids is 1. The summed E-state index contributed by atoms with van der Waals surface area (Å²) in [7, 11) is 0. The van der Waals surface area contributed by atoms with Gasteiger partial charge in [0.05, 0.1) is 18.7 Å². The van der Waals surface area contributed by atoms with Crippen molar-refractivity contribution < 1.29 is 34.8 Å². The van der Waals surface area contributed by atoms with Crippen molar-refractivity contribution in [2.24, 2.45) is 16.5 Å². The molecular formula is C12H20N4O7. The van der Waals surface area contributed by atoms with E-state index in [9.17, 15) is 19.8 Å². The molecule has 0 bridgehead atoms. The van der Waals surface area contributed by atoms with Crippen LogP contribution < -0.4 is 16.8 Å². The Balaban J connectivity index is 3.28. The highest BCUT2D eigenvalue weighted by Gasteiger charge is 2.43. The van der Waals surface area contributed by atoms with Gasteiger partial charge in [-0.1, -0.05) is 0 Å². The topological polar surface area (TPSA) is 201 Å². The average molecular weight is 332 g/mol. The van der Waals surface area contributed by atoms with Gasteiger partial charge in [0.25, 0.3) is 0 Å². The SMILES string of the molecule is CC(=O)N[C@H]1[C@H]([C@H](O)[C@@H](O)CO)OC(C(=O)O)=C[C@@H]1N=C(N)N. The van der Waals surface area contributed by atoms with E-state index in [2.05, 4.69) is 10.3 Å². The number of carboxylic acids is 1. The van der Waals surface area contributed by atoms with Crippen LogP contribution in [0.3, 0.4) is 0 Å². The van der Waals surface area contributed by atoms with Gasteiger partial charge in [-0.3, -0.25) is 4.79 Å². The Labute approximate surface area is 131 Å². The minimum absolute atomic E-state index is 0.371. The Hall–Kier alpha value is -2.37. The Bertz CT molecular complexity index is 518. The fourth-order valence-corrected chi connectivity index (χ4v) is 2.14. The van der Waals surface area contributed by atoms with Crippen molar-refractivity contribution in [3.05, 3.63) is 11.8 Å². The van der Waals surface area contributed by atoms with E-state index in [4.69, 9.17) is 26.4 Å². The van der Waals surface area contributed by atoms with Crippen LogP contribution in [0.2, 0.25) is 0 Å². The maximum absolute atomic E-state index is 11.4. The lowest BCUT2D eigenvalue weighted by Crippen LogP contribution is -2.59. The number of nitrogens with one attached hydrogen (secondary N) is 1. The Morgan fingerprint density at radius 3 is 2.48 bits per heavy atom. The number of aliphatic carboxylic acids is 1. The third-order valence-electron chi connectivity index (χ3n) is 3.10. The van der Waals surface area contributed by atoms with Gasteiger partial charge in [0.1, 0.15) is 18.3 Å². The molecule has 1 aliphatic heterocycles. The van der Waals surface area contributed by atoms with Crippen molar-refractivity contribution in [3.63, 3.8) is 0 Å². The molecule has 5 atom stereocenters. The van der Waals surface area contributed by atoms with Gasteiger partial charge in [-0.05, 0) is 6.08 Å². The number of hydrogen-bond donors (Lipinski definition) is 7. The van der Waals surface area contributed by atoms with Crippen LogP contribution in [0.15, 0.2) is 16.8 Å². The van der Waals surface area contributed by atoms with Crippen molar-refractivity contribution in [1.82, 2.24) is 5.32 Å². The highest BCUT2D eigenvalue weighted by Crippen LogP contribution is 2.24. The van der Waals surface area contributed by atoms with E-state index in [0.717, 1.165) is 6.08 Å². The molecule has 0 aliphatic carbocycles. The summed E-state index contributed by atoms with van der Waals surface area (Å²) in [6, 6.07) is -2.11. The number of hydrogen-bond acceptors (Lipinski definition) is 7. The molecule has 0 aromatic carbocycles. The molecule has 11 nitrogen and oxygen atoms in total. The molecule has 0 saturated heterocycles. The van der Waals surface area contributed by atoms with Crippen molar-refractivity contribution in [3.8, 4) is 0 Å². The van der Waals surface area contributed by atoms with Gasteiger partial charge in [0, 0.05) is 6.92 Å². The van der Waals surface area contributed by atoms with Gasteiger partial charge < -0.3 is 41.9 Å². The summed E-state index contributed by atoms with van der Waals surface area (Å²) in [5, 5.41) is 40.1. The monoisotopic (exact) mass is 332 g/mol. The third kappa shape index (κ3) is 4.81. The van der Waals surface area contributed by atoms with E-state index < -0.39 is 54.6 Å². The molecule has 0 unspecified atom stereocenters. The van der Waals surface area contributed by atoms with Crippen LogP contribution in [-0.2, 0) is 14.3 Å². The first-order valence-electron chi connectivity index (χ1n) is 6.62. The molecule has 9 N–H and O–H groups in total. The highest BCUT2D eigenvalue weighted by atomic mass is 16.5. The van der Waals surface area contributed by atoms with Crippen LogP contribution >= 0.6 is 0 Å². The molecule has 0 aromatic heterocycles. The van der Waals surface area contributed by atoms with E-state index in [1.165, 1.54) is 6.92 Å². The largest absolute Gasteiger partial charge is 0.478 e. The Morgan fingerprint density at radius 2 is 2.04 bits per heavy atom. The van der Waals surface area contributed by atoms with Crippen molar-refractivity contribution in [1.29, 1.82) is 0 Å². The molecule has 0 radical (unpaired) electrons.